The summed E-state index contributed by atoms with van der Waals surface area (Å²) in [7, 11) is 0. The minimum absolute atomic E-state index is 0.177. The fourth-order valence-electron chi connectivity index (χ4n) is 2.72. The number of hydrazine groups is 1. The second-order valence-electron chi connectivity index (χ2n) is 6.00. The number of carbonyl (C=O) groups is 1. The summed E-state index contributed by atoms with van der Waals surface area (Å²) < 4.78 is 0. The van der Waals surface area contributed by atoms with Gasteiger partial charge in [-0.2, -0.15) is 0 Å². The molecule has 0 saturated heterocycles. The number of fused-ring (bicyclic) bond motifs is 1. The molecule has 4 nitrogen and oxygen atoms in total. The van der Waals surface area contributed by atoms with Crippen molar-refractivity contribution in [3.8, 4) is 0 Å². The zero-order valence-electron chi connectivity index (χ0n) is 14.2. The van der Waals surface area contributed by atoms with Crippen molar-refractivity contribution in [2.45, 2.75) is 27.3 Å². The number of benzene rings is 2. The number of aryl methyl sites for hydroxylation is 2. The van der Waals surface area contributed by atoms with E-state index in [2.05, 4.69) is 41.8 Å². The monoisotopic (exact) mass is 319 g/mol. The molecule has 3 rings (SSSR count). The molecule has 0 unspecified atom stereocenters. The summed E-state index contributed by atoms with van der Waals surface area (Å²) in [6.07, 6.45) is 0. The average Bonchev–Trinajstić information content (AvgIpc) is 2.58. The molecule has 2 N–H and O–H groups in total. The van der Waals surface area contributed by atoms with Crippen LogP contribution in [0.15, 0.2) is 48.5 Å². The molecule has 1 amide bonds. The first kappa shape index (κ1) is 16.1. The molecule has 0 atom stereocenters. The van der Waals surface area contributed by atoms with E-state index >= 15 is 0 Å². The van der Waals surface area contributed by atoms with E-state index in [9.17, 15) is 4.79 Å². The van der Waals surface area contributed by atoms with Crippen molar-refractivity contribution in [3.05, 3.63) is 76.5 Å². The molecule has 0 fully saturated rings. The Morgan fingerprint density at radius 2 is 1.79 bits per heavy atom. The van der Waals surface area contributed by atoms with Gasteiger partial charge in [0.05, 0.1) is 11.1 Å². The first-order valence-corrected chi connectivity index (χ1v) is 8.01. The topological polar surface area (TPSA) is 54.0 Å². The second kappa shape index (κ2) is 6.81. The van der Waals surface area contributed by atoms with Gasteiger partial charge in [-0.25, -0.2) is 5.43 Å². The maximum absolute atomic E-state index is 12.5. The smallest absolute Gasteiger partial charge is 0.267 e. The molecule has 0 aliphatic carbocycles. The molecular weight excluding hydrogens is 298 g/mol. The largest absolute Gasteiger partial charge is 0.287 e. The molecule has 3 aromatic rings. The van der Waals surface area contributed by atoms with Crippen LogP contribution in [0, 0.1) is 20.8 Å². The van der Waals surface area contributed by atoms with E-state index < -0.39 is 0 Å². The lowest BCUT2D eigenvalue weighted by atomic mass is 10.0. The number of carbonyl (C=O) groups excluding carboxylic acids is 1. The number of rotatable bonds is 4. The van der Waals surface area contributed by atoms with E-state index in [0.29, 0.717) is 12.1 Å². The van der Waals surface area contributed by atoms with Crippen molar-refractivity contribution < 1.29 is 4.79 Å². The molecular formula is C20H21N3O. The Hall–Kier alpha value is -2.72. The number of hydrogen-bond donors (Lipinski definition) is 2. The summed E-state index contributed by atoms with van der Waals surface area (Å²) in [5, 5.41) is 0.961. The highest BCUT2D eigenvalue weighted by Crippen LogP contribution is 2.17. The Morgan fingerprint density at radius 3 is 2.62 bits per heavy atom. The van der Waals surface area contributed by atoms with E-state index in [1.807, 2.05) is 37.3 Å². The maximum atomic E-state index is 12.5. The van der Waals surface area contributed by atoms with Gasteiger partial charge < -0.3 is 0 Å². The number of nitrogens with zero attached hydrogens (tertiary/aromatic N) is 1. The molecule has 0 aliphatic rings. The molecule has 1 heterocycles. The number of para-hydroxylation sites is 1. The lowest BCUT2D eigenvalue weighted by Crippen LogP contribution is -2.37. The molecule has 0 radical (unpaired) electrons. The van der Waals surface area contributed by atoms with E-state index in [1.54, 1.807) is 6.07 Å². The second-order valence-corrected chi connectivity index (χ2v) is 6.00. The van der Waals surface area contributed by atoms with E-state index in [0.717, 1.165) is 16.6 Å². The fourth-order valence-corrected chi connectivity index (χ4v) is 2.72. The Balaban J connectivity index is 1.74. The SMILES string of the molecule is Cc1ccc2cccc(C(=O)NNCc3cccc(C)c3C)c2n1. The summed E-state index contributed by atoms with van der Waals surface area (Å²) in [6, 6.07) is 15.7. The number of pyridine rings is 1. The molecule has 4 heteroatoms. The van der Waals surface area contributed by atoms with Gasteiger partial charge in [0.2, 0.25) is 0 Å². The van der Waals surface area contributed by atoms with Crippen LogP contribution in [-0.2, 0) is 6.54 Å². The third-order valence-electron chi connectivity index (χ3n) is 4.30. The van der Waals surface area contributed by atoms with Crippen molar-refractivity contribution in [3.63, 3.8) is 0 Å². The third-order valence-corrected chi connectivity index (χ3v) is 4.30. The average molecular weight is 319 g/mol. The van der Waals surface area contributed by atoms with Gasteiger partial charge in [0.1, 0.15) is 0 Å². The molecule has 0 aliphatic heterocycles. The van der Waals surface area contributed by atoms with Crippen molar-refractivity contribution in [1.82, 2.24) is 15.8 Å². The molecule has 2 aromatic carbocycles. The van der Waals surface area contributed by atoms with Crippen LogP contribution in [0.5, 0.6) is 0 Å². The standard InChI is InChI=1S/C20H21N3O/c1-13-6-4-8-17(15(13)3)12-21-23-20(24)18-9-5-7-16-11-10-14(2)22-19(16)18/h4-11,21H,12H2,1-3H3,(H,23,24). The summed E-state index contributed by atoms with van der Waals surface area (Å²) in [5.74, 6) is -0.177. The predicted octanol–water partition coefficient (Wildman–Crippen LogP) is 3.59. The Bertz CT molecular complexity index is 903. The van der Waals surface area contributed by atoms with Crippen LogP contribution in [-0.4, -0.2) is 10.9 Å². The quantitative estimate of drug-likeness (QED) is 0.723. The van der Waals surface area contributed by atoms with Gasteiger partial charge in [0, 0.05) is 17.6 Å². The fraction of sp³-hybridized carbons (Fsp3) is 0.200. The van der Waals surface area contributed by atoms with Crippen molar-refractivity contribution in [2.75, 3.05) is 0 Å². The van der Waals surface area contributed by atoms with Crippen molar-refractivity contribution >= 4 is 16.8 Å². The van der Waals surface area contributed by atoms with Gasteiger partial charge in [-0.1, -0.05) is 36.4 Å². The minimum atomic E-state index is -0.177. The van der Waals surface area contributed by atoms with Gasteiger partial charge in [-0.05, 0) is 49.6 Å². The Morgan fingerprint density at radius 1 is 1.00 bits per heavy atom. The lowest BCUT2D eigenvalue weighted by Gasteiger charge is -2.12. The minimum Gasteiger partial charge on any atom is -0.287 e. The first-order valence-electron chi connectivity index (χ1n) is 8.01. The molecule has 1 aromatic heterocycles. The predicted molar refractivity (Wildman–Crippen MR) is 96.7 cm³/mol. The van der Waals surface area contributed by atoms with Crippen molar-refractivity contribution in [2.24, 2.45) is 0 Å². The van der Waals surface area contributed by atoms with Crippen LogP contribution in [0.1, 0.15) is 32.7 Å². The maximum Gasteiger partial charge on any atom is 0.267 e. The Kier molecular flexibility index (Phi) is 4.58. The summed E-state index contributed by atoms with van der Waals surface area (Å²) in [5.41, 5.74) is 11.6. The van der Waals surface area contributed by atoms with Crippen molar-refractivity contribution in [1.29, 1.82) is 0 Å². The van der Waals surface area contributed by atoms with Crippen LogP contribution in [0.2, 0.25) is 0 Å². The Labute approximate surface area is 141 Å². The highest BCUT2D eigenvalue weighted by atomic mass is 16.2. The highest BCUT2D eigenvalue weighted by Gasteiger charge is 2.11. The zero-order valence-corrected chi connectivity index (χ0v) is 14.2. The number of aromatic nitrogens is 1. The molecule has 0 saturated carbocycles. The lowest BCUT2D eigenvalue weighted by molar-refractivity contribution is 0.0933. The van der Waals surface area contributed by atoms with Gasteiger partial charge in [0.15, 0.2) is 0 Å². The van der Waals surface area contributed by atoms with Crippen LogP contribution in [0.4, 0.5) is 0 Å². The number of hydrogen-bond acceptors (Lipinski definition) is 3. The number of amides is 1. The van der Waals surface area contributed by atoms with Crippen LogP contribution < -0.4 is 10.9 Å². The summed E-state index contributed by atoms with van der Waals surface area (Å²) in [6.45, 7) is 6.68. The van der Waals surface area contributed by atoms with Gasteiger partial charge in [-0.15, -0.1) is 0 Å². The summed E-state index contributed by atoms with van der Waals surface area (Å²) >= 11 is 0. The molecule has 0 bridgehead atoms. The van der Waals surface area contributed by atoms with Gasteiger partial charge >= 0.3 is 0 Å². The summed E-state index contributed by atoms with van der Waals surface area (Å²) in [4.78, 5) is 17.0. The molecule has 24 heavy (non-hydrogen) atoms. The van der Waals surface area contributed by atoms with Crippen LogP contribution in [0.25, 0.3) is 10.9 Å². The first-order chi connectivity index (χ1) is 11.6. The molecule has 122 valence electrons. The van der Waals surface area contributed by atoms with E-state index in [1.165, 1.54) is 16.7 Å². The normalized spacial score (nSPS) is 10.8. The van der Waals surface area contributed by atoms with Crippen LogP contribution >= 0.6 is 0 Å². The zero-order chi connectivity index (χ0) is 17.1. The van der Waals surface area contributed by atoms with Crippen LogP contribution in [0.3, 0.4) is 0 Å². The third kappa shape index (κ3) is 3.29. The van der Waals surface area contributed by atoms with Gasteiger partial charge in [-0.3, -0.25) is 15.2 Å². The molecule has 0 spiro atoms. The van der Waals surface area contributed by atoms with E-state index in [-0.39, 0.29) is 5.91 Å². The van der Waals surface area contributed by atoms with Gasteiger partial charge in [0.25, 0.3) is 5.91 Å². The highest BCUT2D eigenvalue weighted by molar-refractivity contribution is 6.05. The van der Waals surface area contributed by atoms with E-state index in [4.69, 9.17) is 0 Å². The number of nitrogens with one attached hydrogen (secondary N) is 2.